The van der Waals surface area contributed by atoms with Gasteiger partial charge in [0.1, 0.15) is 18.2 Å². The van der Waals surface area contributed by atoms with Gasteiger partial charge in [-0.05, 0) is 87.6 Å². The Morgan fingerprint density at radius 3 is 2.56 bits per heavy atom. The van der Waals surface area contributed by atoms with Gasteiger partial charge in [-0.2, -0.15) is 5.10 Å². The molecule has 1 N–H and O–H groups in total. The monoisotopic (exact) mass is 494 g/mol. The normalized spacial score (nSPS) is 15.9. The molecule has 3 aromatic rings. The summed E-state index contributed by atoms with van der Waals surface area (Å²) in [5.74, 6) is 1.18. The van der Waals surface area contributed by atoms with Crippen LogP contribution in [0, 0.1) is 18.7 Å². The van der Waals surface area contributed by atoms with E-state index in [0.29, 0.717) is 18.6 Å². The number of hydrogen-bond donors (Lipinski definition) is 1. The number of likely N-dealkylation sites (N-methyl/N-ethyl adjacent to an activating group) is 1. The van der Waals surface area contributed by atoms with E-state index in [9.17, 15) is 4.39 Å². The molecule has 0 bridgehead atoms. The maximum Gasteiger partial charge on any atom is 0.123 e. The lowest BCUT2D eigenvalue weighted by Gasteiger charge is -2.40. The van der Waals surface area contributed by atoms with Crippen LogP contribution in [0.1, 0.15) is 35.2 Å². The van der Waals surface area contributed by atoms with Crippen molar-refractivity contribution >= 4 is 0 Å². The van der Waals surface area contributed by atoms with Crippen LogP contribution in [0.2, 0.25) is 0 Å². The van der Waals surface area contributed by atoms with E-state index in [0.717, 1.165) is 56.9 Å². The third kappa shape index (κ3) is 7.15. The summed E-state index contributed by atoms with van der Waals surface area (Å²) in [7, 11) is 4.18. The molecular weight excluding hydrogens is 455 g/mol. The number of aliphatic hydroxyl groups is 1. The molecule has 36 heavy (non-hydrogen) atoms. The molecule has 7 heteroatoms. The van der Waals surface area contributed by atoms with Gasteiger partial charge in [-0.25, -0.2) is 4.39 Å². The summed E-state index contributed by atoms with van der Waals surface area (Å²) in [5.41, 5.74) is 4.74. The van der Waals surface area contributed by atoms with Crippen molar-refractivity contribution in [2.24, 2.45) is 13.0 Å². The molecule has 0 saturated carbocycles. The van der Waals surface area contributed by atoms with Crippen LogP contribution in [0.25, 0.3) is 0 Å². The van der Waals surface area contributed by atoms with Crippen LogP contribution in [-0.2, 0) is 26.6 Å². The predicted molar refractivity (Wildman–Crippen MR) is 140 cm³/mol. The molecule has 0 unspecified atom stereocenters. The van der Waals surface area contributed by atoms with Gasteiger partial charge in [0.15, 0.2) is 0 Å². The van der Waals surface area contributed by atoms with Crippen molar-refractivity contribution in [1.82, 2.24) is 19.6 Å². The fourth-order valence-corrected chi connectivity index (χ4v) is 5.39. The highest BCUT2D eigenvalue weighted by Gasteiger charge is 2.30. The van der Waals surface area contributed by atoms with Gasteiger partial charge in [-0.3, -0.25) is 14.5 Å². The lowest BCUT2D eigenvalue weighted by atomic mass is 9.84. The Morgan fingerprint density at radius 2 is 1.89 bits per heavy atom. The van der Waals surface area contributed by atoms with Crippen LogP contribution < -0.4 is 4.74 Å². The fraction of sp³-hybridized carbons (Fsp3) is 0.483. The molecule has 0 aliphatic carbocycles. The van der Waals surface area contributed by atoms with Gasteiger partial charge in [0, 0.05) is 37.9 Å². The average molecular weight is 495 g/mol. The third-order valence-corrected chi connectivity index (χ3v) is 7.30. The summed E-state index contributed by atoms with van der Waals surface area (Å²) in [6.45, 7) is 6.25. The Kier molecular flexibility index (Phi) is 9.13. The van der Waals surface area contributed by atoms with Crippen LogP contribution in [0.5, 0.6) is 5.75 Å². The van der Waals surface area contributed by atoms with E-state index in [4.69, 9.17) is 9.84 Å². The smallest absolute Gasteiger partial charge is 0.123 e. The number of ether oxygens (including phenoxy) is 1. The molecule has 1 aliphatic rings. The van der Waals surface area contributed by atoms with Gasteiger partial charge < -0.3 is 9.84 Å². The number of benzene rings is 2. The molecule has 4 rings (SSSR count). The zero-order valence-electron chi connectivity index (χ0n) is 21.7. The summed E-state index contributed by atoms with van der Waals surface area (Å²) in [6.07, 6.45) is 5.28. The van der Waals surface area contributed by atoms with Gasteiger partial charge in [0.2, 0.25) is 0 Å². The molecule has 1 atom stereocenters. The first-order valence-electron chi connectivity index (χ1n) is 12.9. The van der Waals surface area contributed by atoms with E-state index < -0.39 is 0 Å². The number of piperidine rings is 1. The predicted octanol–water partition coefficient (Wildman–Crippen LogP) is 4.19. The molecule has 2 heterocycles. The minimum Gasteiger partial charge on any atom is -0.491 e. The van der Waals surface area contributed by atoms with Crippen molar-refractivity contribution < 1.29 is 14.2 Å². The number of halogens is 1. The van der Waals surface area contributed by atoms with Crippen molar-refractivity contribution in [1.29, 1.82) is 0 Å². The molecule has 1 fully saturated rings. The van der Waals surface area contributed by atoms with E-state index in [2.05, 4.69) is 47.2 Å². The summed E-state index contributed by atoms with van der Waals surface area (Å²) in [6, 6.07) is 15.5. The Balaban J connectivity index is 1.41. The van der Waals surface area contributed by atoms with Crippen molar-refractivity contribution in [3.8, 4) is 5.75 Å². The van der Waals surface area contributed by atoms with Crippen LogP contribution in [-0.4, -0.2) is 64.1 Å². The summed E-state index contributed by atoms with van der Waals surface area (Å²) >= 11 is 0. The van der Waals surface area contributed by atoms with Gasteiger partial charge in [0.05, 0.1) is 12.3 Å². The second-order valence-electron chi connectivity index (χ2n) is 10.1. The number of nitrogens with zero attached hydrogens (tertiary/aromatic N) is 4. The maximum absolute atomic E-state index is 13.5. The number of aliphatic hydroxyl groups excluding tert-OH is 1. The first-order chi connectivity index (χ1) is 17.4. The number of likely N-dealkylation sites (tertiary alicyclic amines) is 1. The highest BCUT2D eigenvalue weighted by molar-refractivity contribution is 5.28. The van der Waals surface area contributed by atoms with Crippen molar-refractivity contribution in [2.75, 3.05) is 33.4 Å². The van der Waals surface area contributed by atoms with Gasteiger partial charge in [0.25, 0.3) is 0 Å². The van der Waals surface area contributed by atoms with Crippen LogP contribution in [0.3, 0.4) is 0 Å². The van der Waals surface area contributed by atoms with Crippen molar-refractivity contribution in [3.05, 3.63) is 82.9 Å². The van der Waals surface area contributed by atoms with E-state index in [-0.39, 0.29) is 12.4 Å². The van der Waals surface area contributed by atoms with E-state index in [1.165, 1.54) is 16.7 Å². The minimum atomic E-state index is -0.186. The van der Waals surface area contributed by atoms with Gasteiger partial charge in [-0.1, -0.05) is 24.3 Å². The Bertz CT molecular complexity index is 1090. The molecule has 0 radical (unpaired) electrons. The summed E-state index contributed by atoms with van der Waals surface area (Å²) < 4.78 is 21.0. The zero-order chi connectivity index (χ0) is 25.5. The first-order valence-corrected chi connectivity index (χ1v) is 12.9. The fourth-order valence-electron chi connectivity index (χ4n) is 5.39. The second kappa shape index (κ2) is 12.5. The Hall–Kier alpha value is -2.74. The minimum absolute atomic E-state index is 0.0195. The van der Waals surface area contributed by atoms with E-state index in [1.807, 2.05) is 36.0 Å². The lowest BCUT2D eigenvalue weighted by molar-refractivity contribution is 0.0952. The highest BCUT2D eigenvalue weighted by atomic mass is 19.1. The molecule has 2 aromatic carbocycles. The molecule has 6 nitrogen and oxygen atoms in total. The van der Waals surface area contributed by atoms with Gasteiger partial charge >= 0.3 is 0 Å². The number of aromatic nitrogens is 2. The quantitative estimate of drug-likeness (QED) is 0.433. The highest BCUT2D eigenvalue weighted by Crippen LogP contribution is 2.29. The molecule has 0 spiro atoms. The number of rotatable bonds is 11. The average Bonchev–Trinajstić information content (AvgIpc) is 3.19. The lowest BCUT2D eigenvalue weighted by Crippen LogP contribution is -2.45. The van der Waals surface area contributed by atoms with Crippen LogP contribution in [0.4, 0.5) is 4.39 Å². The molecule has 1 aromatic heterocycles. The first kappa shape index (κ1) is 26.3. The van der Waals surface area contributed by atoms with E-state index >= 15 is 0 Å². The SMILES string of the molecule is Cc1nn(C)cc1CN(C)[C@H](Cc1ccc(F)cc1)C1CCN(Cc2cccc(OCCO)c2)CC1. The third-order valence-electron chi connectivity index (χ3n) is 7.30. The van der Waals surface area contributed by atoms with E-state index in [1.54, 1.807) is 12.1 Å². The standard InChI is InChI=1S/C29H39FN4O2/c1-22-26(21-33(3)31-22)20-32(2)29(18-23-7-9-27(30)10-8-23)25-11-13-34(14-12-25)19-24-5-4-6-28(17-24)36-16-15-35/h4-10,17,21,25,29,35H,11-16,18-20H2,1-3H3/t29-/m1/s1. The maximum atomic E-state index is 13.5. The molecule has 1 aliphatic heterocycles. The van der Waals surface area contributed by atoms with Crippen LogP contribution in [0.15, 0.2) is 54.7 Å². The topological polar surface area (TPSA) is 53.8 Å². The van der Waals surface area contributed by atoms with Crippen LogP contribution >= 0.6 is 0 Å². The summed E-state index contributed by atoms with van der Waals surface area (Å²) in [5, 5.41) is 13.5. The van der Waals surface area contributed by atoms with Crippen molar-refractivity contribution in [2.45, 2.75) is 45.3 Å². The molecule has 0 amide bonds. The number of aryl methyl sites for hydroxylation is 2. The Morgan fingerprint density at radius 1 is 1.14 bits per heavy atom. The molecular formula is C29H39FN4O2. The van der Waals surface area contributed by atoms with Gasteiger partial charge in [-0.15, -0.1) is 0 Å². The zero-order valence-corrected chi connectivity index (χ0v) is 21.7. The molecule has 1 saturated heterocycles. The van der Waals surface area contributed by atoms with Crippen molar-refractivity contribution in [3.63, 3.8) is 0 Å². The second-order valence-corrected chi connectivity index (χ2v) is 10.1. The summed E-state index contributed by atoms with van der Waals surface area (Å²) in [4.78, 5) is 4.98. The molecule has 194 valence electrons. The Labute approximate surface area is 214 Å². The number of hydrogen-bond acceptors (Lipinski definition) is 5. The largest absolute Gasteiger partial charge is 0.491 e.